The van der Waals surface area contributed by atoms with Gasteiger partial charge in [0.2, 0.25) is 0 Å². The van der Waals surface area contributed by atoms with Crippen LogP contribution in [-0.2, 0) is 0 Å². The molecule has 2 aliphatic rings. The average molecular weight is 571 g/mol. The van der Waals surface area contributed by atoms with E-state index in [0.29, 0.717) is 0 Å². The molecule has 1 atom stereocenters. The molecule has 0 spiro atoms. The maximum Gasteiger partial charge on any atom is 0.119 e. The molecule has 7 rings (SSSR count). The minimum absolute atomic E-state index is 0.236. The number of halogens is 1. The molecule has 2 heterocycles. The molecule has 0 saturated carbocycles. The lowest BCUT2D eigenvalue weighted by Gasteiger charge is -2.33. The average Bonchev–Trinajstić information content (AvgIpc) is 3.33. The van der Waals surface area contributed by atoms with E-state index in [1.165, 1.54) is 44.7 Å². The predicted octanol–water partition coefficient (Wildman–Crippen LogP) is 9.38. The Morgan fingerprint density at radius 1 is 0.795 bits per heavy atom. The van der Waals surface area contributed by atoms with Gasteiger partial charge in [0.1, 0.15) is 5.82 Å². The number of anilines is 3. The highest BCUT2D eigenvalue weighted by atomic mass is 79.9. The van der Waals surface area contributed by atoms with Crippen molar-refractivity contribution in [2.24, 2.45) is 0 Å². The molecule has 190 valence electrons. The summed E-state index contributed by atoms with van der Waals surface area (Å²) in [7, 11) is 0. The molecule has 39 heavy (non-hydrogen) atoms. The number of fused-ring (bicyclic) bond motifs is 3. The van der Waals surface area contributed by atoms with Crippen LogP contribution in [0.15, 0.2) is 132 Å². The number of nitrogens with one attached hydrogen (secondary N) is 1. The molecule has 1 N–H and O–H groups in total. The first kappa shape index (κ1) is 23.8. The molecule has 1 aliphatic carbocycles. The van der Waals surface area contributed by atoms with Crippen molar-refractivity contribution >= 4 is 55.7 Å². The fraction of sp³-hybridized carbons (Fsp3) is 0.0857. The Kier molecular flexibility index (Phi) is 6.18. The summed E-state index contributed by atoms with van der Waals surface area (Å²) in [6.45, 7) is 0.842. The molecule has 4 aromatic carbocycles. The molecule has 4 heteroatoms. The van der Waals surface area contributed by atoms with Crippen LogP contribution in [0.1, 0.15) is 17.5 Å². The first-order valence-corrected chi connectivity index (χ1v) is 14.2. The maximum absolute atomic E-state index is 3.61. The molecule has 0 radical (unpaired) electrons. The summed E-state index contributed by atoms with van der Waals surface area (Å²) >= 11 is 3.58. The molecule has 0 bridgehead atoms. The van der Waals surface area contributed by atoms with E-state index in [4.69, 9.17) is 0 Å². The standard InChI is InChI=1S/C35H28BrN3/c36-27-16-20-31(21-17-27)38(28-8-3-1-4-9-28)30-18-13-25(14-19-30)26-15-22-34-33(24-26)32-12-7-23-37-35(32)39(34)29-10-5-2-6-11-29/h1-18,20-22,24,30,37H,19,23H2. The van der Waals surface area contributed by atoms with Crippen molar-refractivity contribution in [1.82, 2.24) is 4.57 Å². The molecule has 5 aromatic rings. The summed E-state index contributed by atoms with van der Waals surface area (Å²) in [6.07, 6.45) is 12.4. The van der Waals surface area contributed by atoms with Crippen molar-refractivity contribution < 1.29 is 0 Å². The SMILES string of the molecule is Brc1ccc(N(c2ccccc2)C2C=CC(c3ccc4c(c3)c3c(n4-c4ccccc4)NCC=C3)=CC2)cc1. The molecule has 1 unspecified atom stereocenters. The largest absolute Gasteiger partial charge is 0.367 e. The third kappa shape index (κ3) is 4.41. The van der Waals surface area contributed by atoms with Gasteiger partial charge in [-0.1, -0.05) is 88.8 Å². The molecule has 0 saturated heterocycles. The van der Waals surface area contributed by atoms with E-state index in [0.717, 1.165) is 23.3 Å². The van der Waals surface area contributed by atoms with Crippen LogP contribution in [0.2, 0.25) is 0 Å². The summed E-state index contributed by atoms with van der Waals surface area (Å²) in [4.78, 5) is 2.42. The smallest absolute Gasteiger partial charge is 0.119 e. The third-order valence-corrected chi connectivity index (χ3v) is 8.10. The van der Waals surface area contributed by atoms with E-state index in [2.05, 4.69) is 164 Å². The Morgan fingerprint density at radius 3 is 2.28 bits per heavy atom. The maximum atomic E-state index is 3.61. The highest BCUT2D eigenvalue weighted by Gasteiger charge is 2.22. The van der Waals surface area contributed by atoms with Crippen LogP contribution < -0.4 is 10.2 Å². The summed E-state index contributed by atoms with van der Waals surface area (Å²) in [5.41, 5.74) is 8.55. The number of aromatic nitrogens is 1. The van der Waals surface area contributed by atoms with Gasteiger partial charge in [0.15, 0.2) is 0 Å². The van der Waals surface area contributed by atoms with Gasteiger partial charge in [-0.05, 0) is 78.2 Å². The molecular weight excluding hydrogens is 542 g/mol. The van der Waals surface area contributed by atoms with Gasteiger partial charge in [0.25, 0.3) is 0 Å². The van der Waals surface area contributed by atoms with Crippen LogP contribution in [0.4, 0.5) is 17.2 Å². The van der Waals surface area contributed by atoms with Crippen molar-refractivity contribution in [3.8, 4) is 5.69 Å². The van der Waals surface area contributed by atoms with Crippen LogP contribution in [0.3, 0.4) is 0 Å². The number of hydrogen-bond donors (Lipinski definition) is 1. The zero-order chi connectivity index (χ0) is 26.2. The summed E-state index contributed by atoms with van der Waals surface area (Å²) < 4.78 is 3.43. The Morgan fingerprint density at radius 2 is 1.54 bits per heavy atom. The minimum atomic E-state index is 0.236. The van der Waals surface area contributed by atoms with E-state index in [1.54, 1.807) is 0 Å². The number of para-hydroxylation sites is 2. The Bertz CT molecular complexity index is 1730. The lowest BCUT2D eigenvalue weighted by atomic mass is 9.94. The van der Waals surface area contributed by atoms with Crippen molar-refractivity contribution in [3.63, 3.8) is 0 Å². The molecule has 0 fully saturated rings. The van der Waals surface area contributed by atoms with Gasteiger partial charge in [-0.2, -0.15) is 0 Å². The lowest BCUT2D eigenvalue weighted by Crippen LogP contribution is -2.30. The quantitative estimate of drug-likeness (QED) is 0.227. The predicted molar refractivity (Wildman–Crippen MR) is 169 cm³/mol. The number of hydrogen-bond acceptors (Lipinski definition) is 2. The first-order valence-electron chi connectivity index (χ1n) is 13.4. The Labute approximate surface area is 237 Å². The highest BCUT2D eigenvalue weighted by Crippen LogP contribution is 2.39. The normalized spacial score (nSPS) is 16.0. The van der Waals surface area contributed by atoms with E-state index in [1.807, 2.05) is 0 Å². The second-order valence-electron chi connectivity index (χ2n) is 9.95. The van der Waals surface area contributed by atoms with Crippen molar-refractivity contribution in [2.45, 2.75) is 12.5 Å². The molecule has 0 amide bonds. The fourth-order valence-corrected chi connectivity index (χ4v) is 6.02. The van der Waals surface area contributed by atoms with E-state index in [9.17, 15) is 0 Å². The Hall–Kier alpha value is -4.28. The van der Waals surface area contributed by atoms with Gasteiger partial charge >= 0.3 is 0 Å². The van der Waals surface area contributed by atoms with Crippen LogP contribution in [0.25, 0.3) is 28.2 Å². The second kappa shape index (κ2) is 10.1. The van der Waals surface area contributed by atoms with Gasteiger partial charge in [0.05, 0.1) is 11.6 Å². The van der Waals surface area contributed by atoms with Crippen LogP contribution in [-0.4, -0.2) is 17.2 Å². The number of nitrogens with zero attached hydrogens (tertiary/aromatic N) is 2. The van der Waals surface area contributed by atoms with Crippen molar-refractivity contribution in [2.75, 3.05) is 16.8 Å². The summed E-state index contributed by atoms with van der Waals surface area (Å²) in [5, 5.41) is 4.88. The summed E-state index contributed by atoms with van der Waals surface area (Å²) in [5.74, 6) is 1.16. The first-order chi connectivity index (χ1) is 19.3. The van der Waals surface area contributed by atoms with Crippen molar-refractivity contribution in [1.29, 1.82) is 0 Å². The van der Waals surface area contributed by atoms with Gasteiger partial charge in [-0.3, -0.25) is 4.57 Å². The number of allylic oxidation sites excluding steroid dienone is 2. The monoisotopic (exact) mass is 569 g/mol. The topological polar surface area (TPSA) is 20.2 Å². The van der Waals surface area contributed by atoms with Gasteiger partial charge in [-0.15, -0.1) is 0 Å². The zero-order valence-electron chi connectivity index (χ0n) is 21.5. The van der Waals surface area contributed by atoms with E-state index in [-0.39, 0.29) is 6.04 Å². The van der Waals surface area contributed by atoms with E-state index < -0.39 is 0 Å². The number of benzene rings is 4. The Balaban J connectivity index is 1.24. The zero-order valence-corrected chi connectivity index (χ0v) is 23.1. The molecule has 3 nitrogen and oxygen atoms in total. The highest BCUT2D eigenvalue weighted by molar-refractivity contribution is 9.10. The van der Waals surface area contributed by atoms with Crippen LogP contribution >= 0.6 is 15.9 Å². The molecule has 1 aliphatic heterocycles. The third-order valence-electron chi connectivity index (χ3n) is 7.57. The van der Waals surface area contributed by atoms with Crippen LogP contribution in [0, 0.1) is 0 Å². The van der Waals surface area contributed by atoms with Crippen LogP contribution in [0.5, 0.6) is 0 Å². The minimum Gasteiger partial charge on any atom is -0.367 e. The molecular formula is C35H28BrN3. The second-order valence-corrected chi connectivity index (χ2v) is 10.9. The van der Waals surface area contributed by atoms with Crippen molar-refractivity contribution in [3.05, 3.63) is 143 Å². The lowest BCUT2D eigenvalue weighted by molar-refractivity contribution is 0.787. The van der Waals surface area contributed by atoms with Gasteiger partial charge in [-0.25, -0.2) is 0 Å². The van der Waals surface area contributed by atoms with Gasteiger partial charge in [0, 0.05) is 39.0 Å². The fourth-order valence-electron chi connectivity index (χ4n) is 5.75. The number of rotatable bonds is 5. The van der Waals surface area contributed by atoms with Gasteiger partial charge < -0.3 is 10.2 Å². The summed E-state index contributed by atoms with van der Waals surface area (Å²) in [6, 6.07) is 37.0. The van der Waals surface area contributed by atoms with E-state index >= 15 is 0 Å². The molecule has 1 aromatic heterocycles.